The van der Waals surface area contributed by atoms with Gasteiger partial charge in [-0.25, -0.2) is 9.53 Å². The van der Waals surface area contributed by atoms with E-state index in [1.54, 1.807) is 24.3 Å². The minimum atomic E-state index is -4.13. The van der Waals surface area contributed by atoms with Crippen molar-refractivity contribution in [1.29, 1.82) is 0 Å². The maximum Gasteiger partial charge on any atom is 0.314 e. The molecule has 0 amide bonds. The third-order valence-electron chi connectivity index (χ3n) is 5.34. The number of halogens is 4. The van der Waals surface area contributed by atoms with Crippen LogP contribution >= 0.6 is 23.4 Å². The largest absolute Gasteiger partial charge is 0.415 e. The van der Waals surface area contributed by atoms with Gasteiger partial charge in [0.1, 0.15) is 5.82 Å². The summed E-state index contributed by atoms with van der Waals surface area (Å²) in [5.74, 6) is -0.941. The molecule has 2 N–H and O–H groups in total. The summed E-state index contributed by atoms with van der Waals surface area (Å²) in [4.78, 5) is 0. The Balaban J connectivity index is 1.76. The number of hydrogen-bond acceptors (Lipinski definition) is 6. The van der Waals surface area contributed by atoms with Gasteiger partial charge in [0.25, 0.3) is 16.1 Å². The van der Waals surface area contributed by atoms with Gasteiger partial charge in [0.05, 0.1) is 5.54 Å². The molecule has 1 saturated heterocycles. The monoisotopic (exact) mass is 518 g/mol. The number of rotatable bonds is 6. The number of aromatic nitrogens is 2. The van der Waals surface area contributed by atoms with Crippen LogP contribution in [0.4, 0.5) is 13.2 Å². The molecule has 1 aliphatic rings. The SMILES string of the molecule is NS(=O)(=O)N1CCSCC1(Cc1ccc(-c2nnc(C(F)F)o2)cc1F)c1cccc(Cl)c1. The molecular formula is C20H18ClF3N4O3S2. The molecule has 1 aromatic heterocycles. The predicted molar refractivity (Wildman–Crippen MR) is 119 cm³/mol. The lowest BCUT2D eigenvalue weighted by atomic mass is 9.84. The van der Waals surface area contributed by atoms with Crippen LogP contribution in [0.25, 0.3) is 11.5 Å². The zero-order valence-electron chi connectivity index (χ0n) is 16.9. The van der Waals surface area contributed by atoms with Crippen LogP contribution < -0.4 is 5.14 Å². The van der Waals surface area contributed by atoms with Crippen LogP contribution in [-0.4, -0.2) is 41.0 Å². The highest BCUT2D eigenvalue weighted by Gasteiger charge is 2.46. The maximum atomic E-state index is 15.2. The van der Waals surface area contributed by atoms with Crippen LogP contribution in [0.5, 0.6) is 0 Å². The maximum absolute atomic E-state index is 15.2. The summed E-state index contributed by atoms with van der Waals surface area (Å²) in [5.41, 5.74) is -0.285. The van der Waals surface area contributed by atoms with E-state index < -0.39 is 33.9 Å². The summed E-state index contributed by atoms with van der Waals surface area (Å²) in [6, 6.07) is 10.7. The van der Waals surface area contributed by atoms with Crippen molar-refractivity contribution in [2.45, 2.75) is 18.4 Å². The van der Waals surface area contributed by atoms with Crippen molar-refractivity contribution in [3.63, 3.8) is 0 Å². The number of alkyl halides is 2. The molecule has 176 valence electrons. The third-order valence-corrected chi connectivity index (χ3v) is 7.87. The van der Waals surface area contributed by atoms with Crippen LogP contribution in [0.2, 0.25) is 5.02 Å². The molecular weight excluding hydrogens is 501 g/mol. The van der Waals surface area contributed by atoms with Crippen LogP contribution in [0.1, 0.15) is 23.4 Å². The van der Waals surface area contributed by atoms with Gasteiger partial charge in [-0.1, -0.05) is 29.8 Å². The van der Waals surface area contributed by atoms with E-state index in [0.717, 1.165) is 6.07 Å². The summed E-state index contributed by atoms with van der Waals surface area (Å²) in [7, 11) is -4.13. The standard InChI is InChI=1S/C20H18ClF3N4O3S2/c21-15-3-1-2-14(9-15)20(11-32-7-6-28(20)33(25,29)30)10-13-5-4-12(8-16(13)22)18-26-27-19(31-18)17(23)24/h1-5,8-9,17H,6-7,10-11H2,(H2,25,29,30). The fourth-order valence-corrected chi connectivity index (χ4v) is 6.54. The number of nitrogens with zero attached hydrogens (tertiary/aromatic N) is 3. The van der Waals surface area contributed by atoms with Gasteiger partial charge in [-0.3, -0.25) is 0 Å². The Kier molecular flexibility index (Phi) is 6.74. The van der Waals surface area contributed by atoms with Crippen molar-refractivity contribution in [2.24, 2.45) is 5.14 Å². The molecule has 2 aromatic carbocycles. The summed E-state index contributed by atoms with van der Waals surface area (Å²) in [5, 5.41) is 12.7. The lowest BCUT2D eigenvalue weighted by molar-refractivity contribution is 0.116. The van der Waals surface area contributed by atoms with Crippen molar-refractivity contribution in [3.8, 4) is 11.5 Å². The zero-order chi connectivity index (χ0) is 23.8. The van der Waals surface area contributed by atoms with Crippen molar-refractivity contribution in [3.05, 3.63) is 70.3 Å². The molecule has 0 spiro atoms. The van der Waals surface area contributed by atoms with Gasteiger partial charge in [0, 0.05) is 28.6 Å². The van der Waals surface area contributed by atoms with Gasteiger partial charge in [-0.05, 0) is 41.8 Å². The first-order valence-electron chi connectivity index (χ1n) is 9.65. The smallest absolute Gasteiger partial charge is 0.314 e. The van der Waals surface area contributed by atoms with E-state index in [2.05, 4.69) is 10.2 Å². The summed E-state index contributed by atoms with van der Waals surface area (Å²) < 4.78 is 71.7. The molecule has 0 bridgehead atoms. The highest BCUT2D eigenvalue weighted by molar-refractivity contribution is 7.99. The highest BCUT2D eigenvalue weighted by Crippen LogP contribution is 2.41. The zero-order valence-corrected chi connectivity index (χ0v) is 19.3. The number of nitrogens with two attached hydrogens (primary N) is 1. The minimum Gasteiger partial charge on any atom is -0.415 e. The fraction of sp³-hybridized carbons (Fsp3) is 0.300. The average Bonchev–Trinajstić information content (AvgIpc) is 3.25. The fourth-order valence-electron chi connectivity index (χ4n) is 3.87. The predicted octanol–water partition coefficient (Wildman–Crippen LogP) is 4.16. The summed E-state index contributed by atoms with van der Waals surface area (Å²) in [6.45, 7) is 0.147. The lowest BCUT2D eigenvalue weighted by Crippen LogP contribution is -2.57. The molecule has 1 fully saturated rings. The molecule has 7 nitrogen and oxygen atoms in total. The van der Waals surface area contributed by atoms with Crippen LogP contribution in [0, 0.1) is 5.82 Å². The van der Waals surface area contributed by atoms with Crippen LogP contribution in [0.3, 0.4) is 0 Å². The first-order valence-corrected chi connectivity index (χ1v) is 12.7. The third kappa shape index (κ3) is 4.90. The molecule has 13 heteroatoms. The molecule has 3 aromatic rings. The first kappa shape index (κ1) is 24.0. The normalized spacial score (nSPS) is 19.8. The second-order valence-electron chi connectivity index (χ2n) is 7.44. The molecule has 4 rings (SSSR count). The summed E-state index contributed by atoms with van der Waals surface area (Å²) >= 11 is 7.70. The van der Waals surface area contributed by atoms with Gasteiger partial charge in [0.2, 0.25) is 5.89 Å². The molecule has 33 heavy (non-hydrogen) atoms. The molecule has 0 radical (unpaired) electrons. The van der Waals surface area contributed by atoms with Gasteiger partial charge in [0.15, 0.2) is 0 Å². The minimum absolute atomic E-state index is 0.0327. The van der Waals surface area contributed by atoms with E-state index in [-0.39, 0.29) is 30.0 Å². The second-order valence-corrected chi connectivity index (χ2v) is 10.5. The van der Waals surface area contributed by atoms with Gasteiger partial charge in [-0.2, -0.15) is 33.3 Å². The topological polar surface area (TPSA) is 102 Å². The van der Waals surface area contributed by atoms with Crippen LogP contribution in [-0.2, 0) is 22.2 Å². The quantitative estimate of drug-likeness (QED) is 0.526. The van der Waals surface area contributed by atoms with Gasteiger partial charge in [-0.15, -0.1) is 10.2 Å². The molecule has 1 aliphatic heterocycles. The van der Waals surface area contributed by atoms with Crippen molar-refractivity contribution in [2.75, 3.05) is 18.1 Å². The number of thioether (sulfide) groups is 1. The van der Waals surface area contributed by atoms with Crippen LogP contribution in [0.15, 0.2) is 46.9 Å². The first-order chi connectivity index (χ1) is 15.6. The Labute approximate surface area is 197 Å². The van der Waals surface area contributed by atoms with E-state index in [4.69, 9.17) is 21.2 Å². The Morgan fingerprint density at radius 2 is 2.03 bits per heavy atom. The Hall–Kier alpha value is -2.12. The molecule has 0 aliphatic carbocycles. The van der Waals surface area contributed by atoms with E-state index in [0.29, 0.717) is 22.1 Å². The molecule has 2 heterocycles. The average molecular weight is 519 g/mol. The van der Waals surface area contributed by atoms with Crippen molar-refractivity contribution >= 4 is 33.6 Å². The van der Waals surface area contributed by atoms with E-state index >= 15 is 4.39 Å². The number of benzene rings is 2. The van der Waals surface area contributed by atoms with E-state index in [1.807, 2.05) is 0 Å². The molecule has 0 saturated carbocycles. The number of hydrogen-bond donors (Lipinski definition) is 1. The Bertz CT molecular complexity index is 1270. The van der Waals surface area contributed by atoms with Crippen molar-refractivity contribution < 1.29 is 26.0 Å². The lowest BCUT2D eigenvalue weighted by Gasteiger charge is -2.45. The Morgan fingerprint density at radius 1 is 1.24 bits per heavy atom. The molecule has 1 unspecified atom stereocenters. The van der Waals surface area contributed by atoms with Crippen molar-refractivity contribution in [1.82, 2.24) is 14.5 Å². The highest BCUT2D eigenvalue weighted by atomic mass is 35.5. The van der Waals surface area contributed by atoms with Gasteiger partial charge < -0.3 is 4.42 Å². The second kappa shape index (κ2) is 9.26. The van der Waals surface area contributed by atoms with E-state index in [1.165, 1.54) is 28.2 Å². The van der Waals surface area contributed by atoms with E-state index in [9.17, 15) is 17.2 Å². The Morgan fingerprint density at radius 3 is 2.67 bits per heavy atom. The molecule has 1 atom stereocenters. The van der Waals surface area contributed by atoms with Gasteiger partial charge >= 0.3 is 6.43 Å². The summed E-state index contributed by atoms with van der Waals surface area (Å²) in [6.07, 6.45) is -2.98.